The van der Waals surface area contributed by atoms with Gasteiger partial charge in [0.05, 0.1) is 16.9 Å². The Hall–Kier alpha value is -0.840. The number of halogens is 1. The summed E-state index contributed by atoms with van der Waals surface area (Å²) in [6.07, 6.45) is 4.29. The lowest BCUT2D eigenvalue weighted by molar-refractivity contribution is 0.128. The molecule has 96 valence electrons. The van der Waals surface area contributed by atoms with Gasteiger partial charge in [0, 0.05) is 17.8 Å². The molecule has 0 saturated carbocycles. The van der Waals surface area contributed by atoms with E-state index in [1.165, 1.54) is 10.4 Å². The second-order valence-electron chi connectivity index (χ2n) is 4.74. The molecule has 2 aromatic heterocycles. The van der Waals surface area contributed by atoms with Crippen LogP contribution in [0.4, 0.5) is 0 Å². The van der Waals surface area contributed by atoms with E-state index in [0.717, 1.165) is 25.0 Å². The highest BCUT2D eigenvalue weighted by Crippen LogP contribution is 2.43. The van der Waals surface area contributed by atoms with Gasteiger partial charge in [0.1, 0.15) is 6.10 Å². The van der Waals surface area contributed by atoms with Crippen molar-refractivity contribution in [1.29, 1.82) is 0 Å². The highest BCUT2D eigenvalue weighted by molar-refractivity contribution is 7.10. The number of rotatable bonds is 2. The van der Waals surface area contributed by atoms with E-state index >= 15 is 0 Å². The molecule has 0 radical (unpaired) electrons. The Morgan fingerprint density at radius 2 is 2.44 bits per heavy atom. The maximum atomic E-state index is 10.6. The summed E-state index contributed by atoms with van der Waals surface area (Å²) in [7, 11) is 1.82. The van der Waals surface area contributed by atoms with Crippen molar-refractivity contribution in [2.24, 2.45) is 7.05 Å². The first kappa shape index (κ1) is 12.2. The van der Waals surface area contributed by atoms with Gasteiger partial charge < -0.3 is 5.11 Å². The third-order valence-corrected chi connectivity index (χ3v) is 4.98. The molecule has 0 aliphatic heterocycles. The van der Waals surface area contributed by atoms with Gasteiger partial charge in [0.2, 0.25) is 0 Å². The minimum atomic E-state index is -0.571. The van der Waals surface area contributed by atoms with Crippen molar-refractivity contribution in [2.45, 2.75) is 31.3 Å². The predicted molar refractivity (Wildman–Crippen MR) is 73.2 cm³/mol. The molecular formula is C13H15ClN2OS. The zero-order chi connectivity index (χ0) is 12.7. The zero-order valence-corrected chi connectivity index (χ0v) is 11.7. The van der Waals surface area contributed by atoms with Crippen molar-refractivity contribution < 1.29 is 5.11 Å². The number of nitrogens with zero attached hydrogens (tertiary/aromatic N) is 2. The summed E-state index contributed by atoms with van der Waals surface area (Å²) in [5.41, 5.74) is 2.01. The van der Waals surface area contributed by atoms with Crippen LogP contribution in [0.5, 0.6) is 0 Å². The number of aryl methyl sites for hydroxylation is 2. The molecular weight excluding hydrogens is 268 g/mol. The molecule has 0 saturated heterocycles. The summed E-state index contributed by atoms with van der Waals surface area (Å²) in [4.78, 5) is 1.41. The molecule has 5 heteroatoms. The first-order valence-corrected chi connectivity index (χ1v) is 7.36. The topological polar surface area (TPSA) is 38.0 Å². The van der Waals surface area contributed by atoms with Crippen LogP contribution in [-0.4, -0.2) is 14.9 Å². The third-order valence-electron chi connectivity index (χ3n) is 3.70. The van der Waals surface area contributed by atoms with Crippen molar-refractivity contribution in [2.75, 3.05) is 0 Å². The Labute approximate surface area is 115 Å². The van der Waals surface area contributed by atoms with Crippen molar-refractivity contribution >= 4 is 22.9 Å². The van der Waals surface area contributed by atoms with Gasteiger partial charge in [0.25, 0.3) is 0 Å². The van der Waals surface area contributed by atoms with Gasteiger partial charge in [-0.1, -0.05) is 11.6 Å². The highest BCUT2D eigenvalue weighted by Gasteiger charge is 2.31. The van der Waals surface area contributed by atoms with Gasteiger partial charge in [-0.2, -0.15) is 5.10 Å². The first-order valence-electron chi connectivity index (χ1n) is 6.10. The average molecular weight is 283 g/mol. The van der Waals surface area contributed by atoms with Gasteiger partial charge in [-0.25, -0.2) is 0 Å². The fraction of sp³-hybridized carbons (Fsp3) is 0.462. The largest absolute Gasteiger partial charge is 0.386 e. The summed E-state index contributed by atoms with van der Waals surface area (Å²) in [6, 6.07) is 2.14. The molecule has 0 fully saturated rings. The normalized spacial score (nSPS) is 20.7. The molecule has 0 bridgehead atoms. The fourth-order valence-electron chi connectivity index (χ4n) is 2.79. The summed E-state index contributed by atoms with van der Waals surface area (Å²) >= 11 is 7.91. The molecule has 0 amide bonds. The second-order valence-corrected chi connectivity index (χ2v) is 6.15. The van der Waals surface area contributed by atoms with Gasteiger partial charge in [-0.15, -0.1) is 11.3 Å². The molecule has 2 aromatic rings. The number of hydrogen-bond acceptors (Lipinski definition) is 3. The lowest BCUT2D eigenvalue weighted by Gasteiger charge is -2.27. The minimum Gasteiger partial charge on any atom is -0.386 e. The minimum absolute atomic E-state index is 0.146. The van der Waals surface area contributed by atoms with E-state index < -0.39 is 6.10 Å². The van der Waals surface area contributed by atoms with Gasteiger partial charge in [-0.05, 0) is 36.3 Å². The predicted octanol–water partition coefficient (Wildman–Crippen LogP) is 3.29. The van der Waals surface area contributed by atoms with Crippen molar-refractivity contribution in [3.63, 3.8) is 0 Å². The van der Waals surface area contributed by atoms with Crippen LogP contribution in [0.15, 0.2) is 17.6 Å². The van der Waals surface area contributed by atoms with Crippen molar-refractivity contribution in [3.8, 4) is 0 Å². The van der Waals surface area contributed by atoms with E-state index in [1.807, 2.05) is 7.05 Å². The molecule has 1 N–H and O–H groups in total. The van der Waals surface area contributed by atoms with Crippen LogP contribution in [0, 0.1) is 0 Å². The number of thiophene rings is 1. The van der Waals surface area contributed by atoms with Crippen LogP contribution in [0.25, 0.3) is 0 Å². The average Bonchev–Trinajstić information content (AvgIpc) is 2.95. The molecule has 1 aliphatic rings. The Bertz CT molecular complexity index is 544. The van der Waals surface area contributed by atoms with Crippen LogP contribution < -0.4 is 0 Å². The Morgan fingerprint density at radius 3 is 3.17 bits per heavy atom. The van der Waals surface area contributed by atoms with E-state index in [4.69, 9.17) is 11.6 Å². The van der Waals surface area contributed by atoms with Crippen LogP contribution in [-0.2, 0) is 13.5 Å². The van der Waals surface area contributed by atoms with Crippen molar-refractivity contribution in [3.05, 3.63) is 38.8 Å². The third kappa shape index (κ3) is 1.88. The summed E-state index contributed by atoms with van der Waals surface area (Å²) in [5.74, 6) is 0.146. The summed E-state index contributed by atoms with van der Waals surface area (Å²) in [5, 5.41) is 17.4. The molecule has 2 unspecified atom stereocenters. The molecule has 0 aromatic carbocycles. The Kier molecular flexibility index (Phi) is 3.18. The Morgan fingerprint density at radius 1 is 1.61 bits per heavy atom. The second kappa shape index (κ2) is 4.68. The van der Waals surface area contributed by atoms with E-state index in [2.05, 4.69) is 16.5 Å². The standard InChI is InChI=1S/C13H15ClN2OS/c1-16-12(10(14)7-15-16)13(17)9-3-2-4-11-8(9)5-6-18-11/h5-7,9,13,17H,2-4H2,1H3. The van der Waals surface area contributed by atoms with Gasteiger partial charge in [-0.3, -0.25) is 4.68 Å². The SMILES string of the molecule is Cn1ncc(Cl)c1C(O)C1CCCc2sccc21. The van der Waals surface area contributed by atoms with Crippen molar-refractivity contribution in [1.82, 2.24) is 9.78 Å². The lowest BCUT2D eigenvalue weighted by Crippen LogP contribution is -2.18. The monoisotopic (exact) mass is 282 g/mol. The number of fused-ring (bicyclic) bond motifs is 1. The quantitative estimate of drug-likeness (QED) is 0.918. The van der Waals surface area contributed by atoms with Crippen LogP contribution in [0.1, 0.15) is 41.0 Å². The van der Waals surface area contributed by atoms with Gasteiger partial charge >= 0.3 is 0 Å². The first-order chi connectivity index (χ1) is 8.68. The number of aliphatic hydroxyl groups excluding tert-OH is 1. The summed E-state index contributed by atoms with van der Waals surface area (Å²) < 4.78 is 1.67. The Balaban J connectivity index is 1.98. The molecule has 3 nitrogen and oxygen atoms in total. The number of aromatic nitrogens is 2. The molecule has 0 spiro atoms. The zero-order valence-electron chi connectivity index (χ0n) is 10.1. The highest BCUT2D eigenvalue weighted by atomic mass is 35.5. The maximum Gasteiger partial charge on any atom is 0.104 e. The van der Waals surface area contributed by atoms with E-state index in [9.17, 15) is 5.11 Å². The molecule has 1 aliphatic carbocycles. The van der Waals surface area contributed by atoms with Crippen LogP contribution in [0.2, 0.25) is 5.02 Å². The van der Waals surface area contributed by atoms with Crippen LogP contribution in [0.3, 0.4) is 0 Å². The summed E-state index contributed by atoms with van der Waals surface area (Å²) in [6.45, 7) is 0. The molecule has 18 heavy (non-hydrogen) atoms. The molecule has 2 atom stereocenters. The number of hydrogen-bond donors (Lipinski definition) is 1. The lowest BCUT2D eigenvalue weighted by atomic mass is 9.83. The van der Waals surface area contributed by atoms with E-state index in [0.29, 0.717) is 5.02 Å². The van der Waals surface area contributed by atoms with E-state index in [-0.39, 0.29) is 5.92 Å². The molecule has 3 rings (SSSR count). The van der Waals surface area contributed by atoms with Crippen LogP contribution >= 0.6 is 22.9 Å². The molecule has 2 heterocycles. The maximum absolute atomic E-state index is 10.6. The van der Waals surface area contributed by atoms with E-state index in [1.54, 1.807) is 22.2 Å². The smallest absolute Gasteiger partial charge is 0.104 e. The fourth-order valence-corrected chi connectivity index (χ4v) is 4.07. The van der Waals surface area contributed by atoms with Gasteiger partial charge in [0.15, 0.2) is 0 Å². The number of aliphatic hydroxyl groups is 1.